The van der Waals surface area contributed by atoms with Crippen LogP contribution in [0.4, 0.5) is 4.79 Å². The summed E-state index contributed by atoms with van der Waals surface area (Å²) in [4.78, 5) is 14.9. The van der Waals surface area contributed by atoms with E-state index in [0.29, 0.717) is 5.06 Å². The van der Waals surface area contributed by atoms with E-state index in [1.807, 2.05) is 0 Å². The Morgan fingerprint density at radius 1 is 1.55 bits per heavy atom. The van der Waals surface area contributed by atoms with Gasteiger partial charge in [-0.05, 0) is 0 Å². The number of rotatable bonds is 2. The number of guanidine groups is 2. The van der Waals surface area contributed by atoms with E-state index in [4.69, 9.17) is 21.9 Å². The zero-order chi connectivity index (χ0) is 16.3. The highest BCUT2D eigenvalue weighted by atomic mass is 16.6. The van der Waals surface area contributed by atoms with E-state index in [0.717, 1.165) is 0 Å². The van der Waals surface area contributed by atoms with Crippen molar-refractivity contribution in [3.05, 3.63) is 0 Å². The van der Waals surface area contributed by atoms with Crippen LogP contribution in [0.15, 0.2) is 4.99 Å². The number of hydroxylamine groups is 2. The zero-order valence-electron chi connectivity index (χ0n) is 11.5. The third kappa shape index (κ3) is 1.65. The number of aliphatic imine (C=N–C) groups is 1. The van der Waals surface area contributed by atoms with Crippen molar-refractivity contribution in [1.82, 2.24) is 10.4 Å². The zero-order valence-corrected chi connectivity index (χ0v) is 11.5. The molecule has 10 N–H and O–H groups in total. The van der Waals surface area contributed by atoms with Crippen molar-refractivity contribution in [3.8, 4) is 0 Å². The van der Waals surface area contributed by atoms with Crippen molar-refractivity contribution in [2.45, 2.75) is 30.0 Å². The highest BCUT2D eigenvalue weighted by Crippen LogP contribution is 2.42. The van der Waals surface area contributed by atoms with E-state index >= 15 is 0 Å². The molecule has 0 aromatic carbocycles. The smallest absolute Gasteiger partial charge is 0.404 e. The number of carbonyl (C=O) groups excluding carboxylic acids is 1. The molecule has 0 aliphatic carbocycles. The summed E-state index contributed by atoms with van der Waals surface area (Å²) in [7, 11) is 0. The van der Waals surface area contributed by atoms with Crippen molar-refractivity contribution in [3.63, 3.8) is 0 Å². The Hall–Kier alpha value is -2.31. The van der Waals surface area contributed by atoms with Crippen LogP contribution in [0.1, 0.15) is 6.42 Å². The molecule has 3 atom stereocenters. The normalized spacial score (nSPS) is 35.6. The van der Waals surface area contributed by atoms with E-state index in [1.54, 1.807) is 0 Å². The summed E-state index contributed by atoms with van der Waals surface area (Å²) >= 11 is 0. The molecule has 1 fully saturated rings. The van der Waals surface area contributed by atoms with Gasteiger partial charge in [-0.3, -0.25) is 5.73 Å². The van der Waals surface area contributed by atoms with Crippen molar-refractivity contribution >= 4 is 18.0 Å². The molecule has 0 unspecified atom stereocenters. The summed E-state index contributed by atoms with van der Waals surface area (Å²) in [6, 6.07) is -1.95. The fraction of sp³-hybridized carbons (Fsp3) is 0.700. The van der Waals surface area contributed by atoms with Crippen molar-refractivity contribution in [2.75, 3.05) is 13.2 Å². The van der Waals surface area contributed by atoms with Crippen LogP contribution in [0.2, 0.25) is 0 Å². The third-order valence-corrected chi connectivity index (χ3v) is 4.33. The molecule has 22 heavy (non-hydrogen) atoms. The summed E-state index contributed by atoms with van der Waals surface area (Å²) in [5, 5.41) is 34.4. The topological polar surface area (TPSA) is 196 Å². The Bertz CT molecular complexity index is 590. The molecular formula is C10H18N7O5+. The van der Waals surface area contributed by atoms with Crippen LogP contribution in [0.25, 0.3) is 0 Å². The summed E-state index contributed by atoms with van der Waals surface area (Å²) in [6.07, 6.45) is -1.09. The van der Waals surface area contributed by atoms with Crippen molar-refractivity contribution in [1.29, 1.82) is 0 Å². The van der Waals surface area contributed by atoms with Crippen molar-refractivity contribution in [2.24, 2.45) is 22.2 Å². The highest BCUT2D eigenvalue weighted by Gasteiger charge is 2.72. The van der Waals surface area contributed by atoms with Gasteiger partial charge < -0.3 is 31.7 Å². The molecule has 1 spiro atoms. The lowest BCUT2D eigenvalue weighted by Crippen LogP contribution is -2.77. The lowest BCUT2D eigenvalue weighted by molar-refractivity contribution is -0.632. The first-order valence-electron chi connectivity index (χ1n) is 6.57. The summed E-state index contributed by atoms with van der Waals surface area (Å²) in [6.45, 7) is -0.201. The molecule has 0 radical (unpaired) electrons. The number of nitrogens with two attached hydrogens (primary N) is 3. The Kier molecular flexibility index (Phi) is 2.89. The summed E-state index contributed by atoms with van der Waals surface area (Å²) in [5.41, 5.74) is 14.9. The average Bonchev–Trinajstić information content (AvgIpc) is 2.89. The van der Waals surface area contributed by atoms with E-state index in [9.17, 15) is 20.2 Å². The van der Waals surface area contributed by atoms with Crippen molar-refractivity contribution < 1.29 is 29.5 Å². The number of carbonyl (C=O) groups is 1. The quantitative estimate of drug-likeness (QED) is 0.194. The molecule has 0 bridgehead atoms. The first-order chi connectivity index (χ1) is 10.2. The Morgan fingerprint density at radius 3 is 2.86 bits per heavy atom. The van der Waals surface area contributed by atoms with Crippen LogP contribution in [-0.4, -0.2) is 79.8 Å². The van der Waals surface area contributed by atoms with Crippen LogP contribution < -0.4 is 22.5 Å². The van der Waals surface area contributed by atoms with Crippen LogP contribution in [-0.2, 0) is 4.74 Å². The predicted octanol–water partition coefficient (Wildman–Crippen LogP) is -4.45. The lowest BCUT2D eigenvalue weighted by atomic mass is 9.87. The molecule has 0 saturated carbocycles. The molecule has 3 aliphatic rings. The Labute approximate surface area is 124 Å². The molecule has 122 valence electrons. The maximum absolute atomic E-state index is 10.8. The second kappa shape index (κ2) is 4.34. The molecule has 3 aliphatic heterocycles. The highest BCUT2D eigenvalue weighted by molar-refractivity contribution is 5.83. The van der Waals surface area contributed by atoms with E-state index in [2.05, 4.69) is 10.3 Å². The molecule has 0 aromatic heterocycles. The molecule has 12 nitrogen and oxygen atoms in total. The SMILES string of the molecule is NC(=O)OC[C@H]1[C@@H]2N=C(N)N[C@]23[N+](=C(N)N1O)CCC3(O)O. The Balaban J connectivity index is 2.08. The van der Waals surface area contributed by atoms with Gasteiger partial charge in [0.2, 0.25) is 11.4 Å². The van der Waals surface area contributed by atoms with Gasteiger partial charge >= 0.3 is 12.1 Å². The van der Waals surface area contributed by atoms with Gasteiger partial charge in [-0.25, -0.2) is 19.6 Å². The molecule has 3 rings (SSSR count). The van der Waals surface area contributed by atoms with Gasteiger partial charge in [-0.15, -0.1) is 5.06 Å². The summed E-state index contributed by atoms with van der Waals surface area (Å²) < 4.78 is 6.08. The molecular weight excluding hydrogens is 298 g/mol. The number of hydrogen-bond acceptors (Lipinski definition) is 10. The van der Waals surface area contributed by atoms with Gasteiger partial charge in [-0.2, -0.15) is 0 Å². The lowest BCUT2D eigenvalue weighted by Gasteiger charge is -2.44. The van der Waals surface area contributed by atoms with Gasteiger partial charge in [0, 0.05) is 6.42 Å². The second-order valence-electron chi connectivity index (χ2n) is 5.47. The van der Waals surface area contributed by atoms with Crippen LogP contribution in [0.5, 0.6) is 0 Å². The van der Waals surface area contributed by atoms with E-state index in [-0.39, 0.29) is 31.5 Å². The molecule has 1 saturated heterocycles. The number of nitrogens with one attached hydrogen (secondary N) is 1. The van der Waals surface area contributed by atoms with Crippen LogP contribution >= 0.6 is 0 Å². The maximum atomic E-state index is 10.8. The number of amides is 1. The maximum Gasteiger partial charge on any atom is 0.404 e. The van der Waals surface area contributed by atoms with E-state index < -0.39 is 29.6 Å². The van der Waals surface area contributed by atoms with Gasteiger partial charge in [0.15, 0.2) is 18.0 Å². The number of aliphatic hydroxyl groups is 2. The van der Waals surface area contributed by atoms with Gasteiger partial charge in [0.25, 0.3) is 0 Å². The minimum Gasteiger partial charge on any atom is -0.446 e. The van der Waals surface area contributed by atoms with Crippen LogP contribution in [0, 0.1) is 0 Å². The van der Waals surface area contributed by atoms with Gasteiger partial charge in [0.05, 0.1) is 6.54 Å². The molecule has 3 heterocycles. The number of nitrogens with zero attached hydrogens (tertiary/aromatic N) is 3. The monoisotopic (exact) mass is 316 g/mol. The fourth-order valence-electron chi connectivity index (χ4n) is 3.38. The third-order valence-electron chi connectivity index (χ3n) is 4.33. The fourth-order valence-corrected chi connectivity index (χ4v) is 3.38. The van der Waals surface area contributed by atoms with Crippen LogP contribution in [0.3, 0.4) is 0 Å². The van der Waals surface area contributed by atoms with Gasteiger partial charge in [0.1, 0.15) is 6.61 Å². The standard InChI is InChI=1S/C10H17N7O5/c11-6-14-5-4(3-22-8(13)18)17(21)7(12)16-2-1-9(19,20)10(5,16)15-6/h4-5,12,19-21H,1-3H2,(H5,11,13,14,15,18)/p+1/t4-,5-,10-/m0/s1. The molecule has 0 aromatic rings. The number of hydrogen-bond donors (Lipinski definition) is 7. The summed E-state index contributed by atoms with van der Waals surface area (Å²) in [5.74, 6) is -2.40. The van der Waals surface area contributed by atoms with Gasteiger partial charge in [-0.1, -0.05) is 0 Å². The first kappa shape index (κ1) is 14.6. The molecule has 12 heteroatoms. The number of ether oxygens (including phenoxy) is 1. The Morgan fingerprint density at radius 2 is 2.23 bits per heavy atom. The predicted molar refractivity (Wildman–Crippen MR) is 70.3 cm³/mol. The number of primary amides is 1. The second-order valence-corrected chi connectivity index (χ2v) is 5.47. The largest absolute Gasteiger partial charge is 0.446 e. The average molecular weight is 316 g/mol. The molecule has 1 amide bonds. The minimum atomic E-state index is -2.21. The van der Waals surface area contributed by atoms with E-state index in [1.165, 1.54) is 4.58 Å². The first-order valence-corrected chi connectivity index (χ1v) is 6.57. The minimum absolute atomic E-state index is 0.0444.